The number of hydrogen-bond acceptors (Lipinski definition) is 1. The summed E-state index contributed by atoms with van der Waals surface area (Å²) in [5.74, 6) is 0.557. The summed E-state index contributed by atoms with van der Waals surface area (Å²) in [6, 6.07) is 10.4. The molecule has 0 aliphatic carbocycles. The highest BCUT2D eigenvalue weighted by atomic mass is 35.5. The van der Waals surface area contributed by atoms with E-state index < -0.39 is 6.61 Å². The molecule has 2 aromatic rings. The van der Waals surface area contributed by atoms with E-state index in [-0.39, 0.29) is 5.75 Å². The second kappa shape index (κ2) is 4.66. The van der Waals surface area contributed by atoms with E-state index in [1.54, 1.807) is 12.1 Å². The fourth-order valence-corrected chi connectivity index (χ4v) is 1.85. The first-order valence-electron chi connectivity index (χ1n) is 4.73. The van der Waals surface area contributed by atoms with Crippen LogP contribution >= 0.6 is 11.6 Å². The second-order valence-electron chi connectivity index (χ2n) is 3.31. The molecule has 0 N–H and O–H groups in total. The molecule has 0 saturated heterocycles. The Labute approximate surface area is 96.6 Å². The molecule has 16 heavy (non-hydrogen) atoms. The monoisotopic (exact) mass is 242 g/mol. The van der Waals surface area contributed by atoms with Gasteiger partial charge in [-0.2, -0.15) is 8.78 Å². The highest BCUT2D eigenvalue weighted by molar-refractivity contribution is 6.18. The van der Waals surface area contributed by atoms with Crippen molar-refractivity contribution in [2.75, 3.05) is 0 Å². The zero-order valence-electron chi connectivity index (χ0n) is 8.29. The van der Waals surface area contributed by atoms with Gasteiger partial charge in [-0.1, -0.05) is 24.3 Å². The third kappa shape index (κ3) is 2.25. The highest BCUT2D eigenvalue weighted by Crippen LogP contribution is 2.25. The van der Waals surface area contributed by atoms with Crippen molar-refractivity contribution >= 4 is 22.4 Å². The summed E-state index contributed by atoms with van der Waals surface area (Å²) in [7, 11) is 0. The molecule has 0 unspecified atom stereocenters. The number of halogens is 3. The van der Waals surface area contributed by atoms with Gasteiger partial charge in [-0.05, 0) is 28.5 Å². The van der Waals surface area contributed by atoms with Gasteiger partial charge in [0.05, 0.1) is 0 Å². The standard InChI is InChI=1S/C12H9ClF2O/c13-7-9-3-1-2-8-6-10(16-12(14)15)4-5-11(8)9/h1-6,12H,7H2. The molecule has 0 heterocycles. The van der Waals surface area contributed by atoms with Crippen molar-refractivity contribution in [3.63, 3.8) is 0 Å². The van der Waals surface area contributed by atoms with Crippen molar-refractivity contribution < 1.29 is 13.5 Å². The smallest absolute Gasteiger partial charge is 0.387 e. The Hall–Kier alpha value is -1.35. The SMILES string of the molecule is FC(F)Oc1ccc2c(CCl)cccc2c1. The molecular weight excluding hydrogens is 234 g/mol. The lowest BCUT2D eigenvalue weighted by Gasteiger charge is -2.07. The average molecular weight is 243 g/mol. The van der Waals surface area contributed by atoms with Gasteiger partial charge in [0.2, 0.25) is 0 Å². The minimum atomic E-state index is -2.80. The van der Waals surface area contributed by atoms with E-state index in [2.05, 4.69) is 4.74 Å². The minimum absolute atomic E-state index is 0.161. The summed E-state index contributed by atoms with van der Waals surface area (Å²) in [6.07, 6.45) is 0. The Bertz CT molecular complexity index is 499. The van der Waals surface area contributed by atoms with Gasteiger partial charge < -0.3 is 4.74 Å². The van der Waals surface area contributed by atoms with Crippen LogP contribution < -0.4 is 4.74 Å². The Morgan fingerprint density at radius 3 is 2.69 bits per heavy atom. The lowest BCUT2D eigenvalue weighted by Crippen LogP contribution is -2.01. The molecule has 84 valence electrons. The van der Waals surface area contributed by atoms with Gasteiger partial charge in [-0.3, -0.25) is 0 Å². The summed E-state index contributed by atoms with van der Waals surface area (Å²) in [4.78, 5) is 0. The first-order chi connectivity index (χ1) is 7.70. The van der Waals surface area contributed by atoms with E-state index in [0.717, 1.165) is 16.3 Å². The maximum Gasteiger partial charge on any atom is 0.387 e. The average Bonchev–Trinajstić information content (AvgIpc) is 2.27. The summed E-state index contributed by atoms with van der Waals surface area (Å²) in [6.45, 7) is -2.80. The van der Waals surface area contributed by atoms with Gasteiger partial charge in [-0.15, -0.1) is 11.6 Å². The minimum Gasteiger partial charge on any atom is -0.435 e. The van der Waals surface area contributed by atoms with Crippen LogP contribution in [0.2, 0.25) is 0 Å². The van der Waals surface area contributed by atoms with Gasteiger partial charge >= 0.3 is 6.61 Å². The van der Waals surface area contributed by atoms with E-state index in [9.17, 15) is 8.78 Å². The van der Waals surface area contributed by atoms with Crippen LogP contribution in [0.3, 0.4) is 0 Å². The maximum absolute atomic E-state index is 12.0. The molecule has 0 fully saturated rings. The van der Waals surface area contributed by atoms with Crippen LogP contribution in [0.5, 0.6) is 5.75 Å². The van der Waals surface area contributed by atoms with E-state index in [4.69, 9.17) is 11.6 Å². The van der Waals surface area contributed by atoms with Crippen LogP contribution in [0.15, 0.2) is 36.4 Å². The summed E-state index contributed by atoms with van der Waals surface area (Å²) in [5.41, 5.74) is 0.975. The Kier molecular flexibility index (Phi) is 3.25. The van der Waals surface area contributed by atoms with Crippen LogP contribution in [0.1, 0.15) is 5.56 Å². The number of fused-ring (bicyclic) bond motifs is 1. The zero-order valence-corrected chi connectivity index (χ0v) is 9.05. The van der Waals surface area contributed by atoms with E-state index in [1.807, 2.05) is 18.2 Å². The van der Waals surface area contributed by atoms with Gasteiger partial charge in [0.15, 0.2) is 0 Å². The molecule has 0 saturated carbocycles. The molecule has 4 heteroatoms. The molecular formula is C12H9ClF2O. The summed E-state index contributed by atoms with van der Waals surface area (Å²) >= 11 is 5.78. The van der Waals surface area contributed by atoms with Crippen LogP contribution in [0.4, 0.5) is 8.78 Å². The van der Waals surface area contributed by atoms with E-state index >= 15 is 0 Å². The van der Waals surface area contributed by atoms with Crippen LogP contribution in [-0.2, 0) is 5.88 Å². The van der Waals surface area contributed by atoms with Gasteiger partial charge in [-0.25, -0.2) is 0 Å². The highest BCUT2D eigenvalue weighted by Gasteiger charge is 2.06. The Balaban J connectivity index is 2.47. The summed E-state index contributed by atoms with van der Waals surface area (Å²) < 4.78 is 28.4. The second-order valence-corrected chi connectivity index (χ2v) is 3.58. The first kappa shape index (κ1) is 11.1. The third-order valence-corrected chi connectivity index (χ3v) is 2.60. The molecule has 0 bridgehead atoms. The predicted octanol–water partition coefficient (Wildman–Crippen LogP) is 4.18. The van der Waals surface area contributed by atoms with Crippen molar-refractivity contribution in [3.05, 3.63) is 42.0 Å². The normalized spacial score (nSPS) is 11.0. The van der Waals surface area contributed by atoms with Gasteiger partial charge in [0, 0.05) is 5.88 Å². The fraction of sp³-hybridized carbons (Fsp3) is 0.167. The maximum atomic E-state index is 12.0. The topological polar surface area (TPSA) is 9.23 Å². The lowest BCUT2D eigenvalue weighted by atomic mass is 10.1. The van der Waals surface area contributed by atoms with E-state index in [1.165, 1.54) is 6.07 Å². The Morgan fingerprint density at radius 2 is 2.00 bits per heavy atom. The van der Waals surface area contributed by atoms with Crippen molar-refractivity contribution in [2.24, 2.45) is 0 Å². The molecule has 1 nitrogen and oxygen atoms in total. The number of alkyl halides is 3. The molecule has 0 atom stereocenters. The van der Waals surface area contributed by atoms with Crippen molar-refractivity contribution in [2.45, 2.75) is 12.5 Å². The van der Waals surface area contributed by atoms with Crippen molar-refractivity contribution in [1.82, 2.24) is 0 Å². The van der Waals surface area contributed by atoms with Crippen molar-refractivity contribution in [1.29, 1.82) is 0 Å². The number of ether oxygens (including phenoxy) is 1. The molecule has 2 rings (SSSR count). The molecule has 0 radical (unpaired) electrons. The van der Waals surface area contributed by atoms with Crippen LogP contribution in [0.25, 0.3) is 10.8 Å². The molecule has 0 amide bonds. The Morgan fingerprint density at radius 1 is 1.19 bits per heavy atom. The predicted molar refractivity (Wildman–Crippen MR) is 60.1 cm³/mol. The zero-order chi connectivity index (χ0) is 11.5. The van der Waals surface area contributed by atoms with Crippen LogP contribution in [-0.4, -0.2) is 6.61 Å². The van der Waals surface area contributed by atoms with E-state index in [0.29, 0.717) is 5.88 Å². The van der Waals surface area contributed by atoms with Gasteiger partial charge in [0.1, 0.15) is 5.75 Å². The molecule has 0 aromatic heterocycles. The largest absolute Gasteiger partial charge is 0.435 e. The van der Waals surface area contributed by atoms with Crippen LogP contribution in [0, 0.1) is 0 Å². The first-order valence-corrected chi connectivity index (χ1v) is 5.26. The summed E-state index contributed by atoms with van der Waals surface area (Å²) in [5, 5.41) is 1.80. The lowest BCUT2D eigenvalue weighted by molar-refractivity contribution is -0.0497. The number of benzene rings is 2. The molecule has 0 spiro atoms. The van der Waals surface area contributed by atoms with Crippen molar-refractivity contribution in [3.8, 4) is 5.75 Å². The molecule has 0 aliphatic rings. The third-order valence-electron chi connectivity index (χ3n) is 2.31. The fourth-order valence-electron chi connectivity index (χ4n) is 1.62. The molecule has 0 aliphatic heterocycles. The molecule has 2 aromatic carbocycles. The van der Waals surface area contributed by atoms with Gasteiger partial charge in [0.25, 0.3) is 0 Å². The number of rotatable bonds is 3. The quantitative estimate of drug-likeness (QED) is 0.734. The number of hydrogen-bond donors (Lipinski definition) is 0.